The van der Waals surface area contributed by atoms with Gasteiger partial charge in [0.1, 0.15) is 6.07 Å². The lowest BCUT2D eigenvalue weighted by Gasteiger charge is -2.27. The average molecular weight is 286 g/mol. The molecule has 110 valence electrons. The number of hydrogen-bond acceptors (Lipinski definition) is 4. The molecule has 3 N–H and O–H groups in total. The summed E-state index contributed by atoms with van der Waals surface area (Å²) in [7, 11) is 0. The molecule has 1 heterocycles. The van der Waals surface area contributed by atoms with E-state index in [9.17, 15) is 9.59 Å². The van der Waals surface area contributed by atoms with Gasteiger partial charge in [0.25, 0.3) is 0 Å². The molecule has 1 fully saturated rings. The van der Waals surface area contributed by atoms with Crippen LogP contribution in [-0.2, 0) is 9.59 Å². The number of nitrogens with zero attached hydrogens (tertiary/aromatic N) is 2. The molecular weight excluding hydrogens is 268 g/mol. The molecule has 0 spiro atoms. The number of hydrogen-bond donors (Lipinski definition) is 2. The summed E-state index contributed by atoms with van der Waals surface area (Å²) in [6, 6.07) is 7.98. The lowest BCUT2D eigenvalue weighted by Crippen LogP contribution is -2.49. The first-order valence-corrected chi connectivity index (χ1v) is 6.89. The van der Waals surface area contributed by atoms with Crippen LogP contribution in [0.15, 0.2) is 24.3 Å². The minimum absolute atomic E-state index is 0.245. The smallest absolute Gasteiger partial charge is 0.241 e. The molecule has 2 rings (SSSR count). The van der Waals surface area contributed by atoms with E-state index < -0.39 is 18.0 Å². The number of amides is 2. The second-order valence-electron chi connectivity index (χ2n) is 5.12. The molecule has 0 radical (unpaired) electrons. The van der Waals surface area contributed by atoms with Crippen LogP contribution in [-0.4, -0.2) is 35.3 Å². The van der Waals surface area contributed by atoms with Crippen molar-refractivity contribution >= 4 is 17.5 Å². The van der Waals surface area contributed by atoms with Crippen molar-refractivity contribution in [3.8, 4) is 6.07 Å². The summed E-state index contributed by atoms with van der Waals surface area (Å²) in [6.45, 7) is 2.41. The minimum Gasteiger partial charge on any atom is -0.368 e. The van der Waals surface area contributed by atoms with Crippen molar-refractivity contribution in [2.24, 2.45) is 5.73 Å². The molecule has 1 aromatic rings. The van der Waals surface area contributed by atoms with Gasteiger partial charge in [0.15, 0.2) is 0 Å². The van der Waals surface area contributed by atoms with Crippen LogP contribution in [0.1, 0.15) is 25.3 Å². The summed E-state index contributed by atoms with van der Waals surface area (Å²) < 4.78 is 0. The van der Waals surface area contributed by atoms with Crippen molar-refractivity contribution < 1.29 is 9.59 Å². The Hall–Kier alpha value is -2.39. The Morgan fingerprint density at radius 2 is 2.19 bits per heavy atom. The summed E-state index contributed by atoms with van der Waals surface area (Å²) in [4.78, 5) is 25.5. The first-order chi connectivity index (χ1) is 10.0. The van der Waals surface area contributed by atoms with Gasteiger partial charge in [0.05, 0.1) is 23.3 Å². The summed E-state index contributed by atoms with van der Waals surface area (Å²) in [5.74, 6) is -0.643. The number of carbonyl (C=O) groups is 2. The molecule has 2 unspecified atom stereocenters. The van der Waals surface area contributed by atoms with Crippen LogP contribution in [0, 0.1) is 11.3 Å². The number of likely N-dealkylation sites (tertiary alicyclic amines) is 1. The molecule has 0 bridgehead atoms. The van der Waals surface area contributed by atoms with E-state index in [1.807, 2.05) is 11.0 Å². The van der Waals surface area contributed by atoms with Gasteiger partial charge in [-0.2, -0.15) is 5.26 Å². The fourth-order valence-corrected chi connectivity index (χ4v) is 2.64. The predicted molar refractivity (Wildman–Crippen MR) is 78.2 cm³/mol. The summed E-state index contributed by atoms with van der Waals surface area (Å²) in [5, 5.41) is 11.8. The van der Waals surface area contributed by atoms with Gasteiger partial charge in [-0.25, -0.2) is 0 Å². The molecule has 0 saturated carbocycles. The zero-order valence-electron chi connectivity index (χ0n) is 11.9. The normalized spacial score (nSPS) is 19.7. The van der Waals surface area contributed by atoms with E-state index in [4.69, 9.17) is 11.0 Å². The lowest BCUT2D eigenvalue weighted by molar-refractivity contribution is -0.126. The highest BCUT2D eigenvalue weighted by Crippen LogP contribution is 2.21. The van der Waals surface area contributed by atoms with Crippen LogP contribution in [0.25, 0.3) is 0 Å². The number of nitriles is 1. The van der Waals surface area contributed by atoms with Gasteiger partial charge in [-0.3, -0.25) is 14.5 Å². The van der Waals surface area contributed by atoms with Crippen LogP contribution in [0.2, 0.25) is 0 Å². The van der Waals surface area contributed by atoms with Crippen LogP contribution < -0.4 is 11.1 Å². The van der Waals surface area contributed by atoms with E-state index >= 15 is 0 Å². The van der Waals surface area contributed by atoms with Gasteiger partial charge >= 0.3 is 0 Å². The standard InChI is InChI=1S/C15H18N4O2/c1-10(19-8-4-7-13(19)14(17)20)15(21)18-12-6-3-2-5-11(12)9-16/h2-3,5-6,10,13H,4,7-8H2,1H3,(H2,17,20)(H,18,21). The highest BCUT2D eigenvalue weighted by atomic mass is 16.2. The van der Waals surface area contributed by atoms with Gasteiger partial charge in [0, 0.05) is 0 Å². The highest BCUT2D eigenvalue weighted by molar-refractivity contribution is 5.96. The Morgan fingerprint density at radius 1 is 1.48 bits per heavy atom. The van der Waals surface area contributed by atoms with Crippen molar-refractivity contribution in [1.29, 1.82) is 5.26 Å². The molecule has 21 heavy (non-hydrogen) atoms. The molecule has 2 amide bonds. The molecule has 1 saturated heterocycles. The largest absolute Gasteiger partial charge is 0.368 e. The van der Waals surface area contributed by atoms with Gasteiger partial charge in [0.2, 0.25) is 11.8 Å². The van der Waals surface area contributed by atoms with E-state index in [0.717, 1.165) is 6.42 Å². The van der Waals surface area contributed by atoms with E-state index in [1.165, 1.54) is 0 Å². The Morgan fingerprint density at radius 3 is 2.86 bits per heavy atom. The summed E-state index contributed by atoms with van der Waals surface area (Å²) in [6.07, 6.45) is 1.53. The topological polar surface area (TPSA) is 99.2 Å². The Labute approximate surface area is 123 Å². The first-order valence-electron chi connectivity index (χ1n) is 6.89. The predicted octanol–water partition coefficient (Wildman–Crippen LogP) is 0.835. The van der Waals surface area contributed by atoms with E-state index in [0.29, 0.717) is 24.2 Å². The molecule has 0 aromatic heterocycles. The number of nitrogens with two attached hydrogens (primary N) is 1. The van der Waals surface area contributed by atoms with Crippen molar-refractivity contribution in [3.63, 3.8) is 0 Å². The van der Waals surface area contributed by atoms with Gasteiger partial charge in [-0.15, -0.1) is 0 Å². The zero-order chi connectivity index (χ0) is 15.4. The Kier molecular flexibility index (Phi) is 4.55. The number of para-hydroxylation sites is 1. The molecule has 1 aliphatic rings. The first kappa shape index (κ1) is 15.0. The number of carbonyl (C=O) groups excluding carboxylic acids is 2. The third kappa shape index (κ3) is 3.20. The van der Waals surface area contributed by atoms with E-state index in [1.54, 1.807) is 31.2 Å². The second-order valence-corrected chi connectivity index (χ2v) is 5.12. The lowest BCUT2D eigenvalue weighted by atomic mass is 10.1. The molecular formula is C15H18N4O2. The van der Waals surface area contributed by atoms with E-state index in [-0.39, 0.29) is 5.91 Å². The van der Waals surface area contributed by atoms with Gasteiger partial charge < -0.3 is 11.1 Å². The number of nitrogens with one attached hydrogen (secondary N) is 1. The van der Waals surface area contributed by atoms with E-state index in [2.05, 4.69) is 5.32 Å². The third-order valence-electron chi connectivity index (χ3n) is 3.80. The van der Waals surface area contributed by atoms with Crippen molar-refractivity contribution in [2.45, 2.75) is 31.8 Å². The van der Waals surface area contributed by atoms with Crippen LogP contribution in [0.4, 0.5) is 5.69 Å². The maximum absolute atomic E-state index is 12.3. The Bertz CT molecular complexity index is 594. The molecule has 1 aliphatic heterocycles. The van der Waals surface area contributed by atoms with Crippen LogP contribution in [0.5, 0.6) is 0 Å². The second kappa shape index (κ2) is 6.37. The Balaban J connectivity index is 2.10. The molecule has 6 nitrogen and oxygen atoms in total. The quantitative estimate of drug-likeness (QED) is 0.856. The SMILES string of the molecule is CC(C(=O)Nc1ccccc1C#N)N1CCCC1C(N)=O. The molecule has 6 heteroatoms. The van der Waals surface area contributed by atoms with Crippen LogP contribution in [0.3, 0.4) is 0 Å². The van der Waals surface area contributed by atoms with Gasteiger partial charge in [-0.1, -0.05) is 12.1 Å². The van der Waals surface area contributed by atoms with Crippen molar-refractivity contribution in [1.82, 2.24) is 4.90 Å². The fourth-order valence-electron chi connectivity index (χ4n) is 2.64. The van der Waals surface area contributed by atoms with Crippen molar-refractivity contribution in [3.05, 3.63) is 29.8 Å². The number of benzene rings is 1. The minimum atomic E-state index is -0.475. The number of primary amides is 1. The highest BCUT2D eigenvalue weighted by Gasteiger charge is 2.35. The maximum Gasteiger partial charge on any atom is 0.241 e. The summed E-state index contributed by atoms with van der Waals surface area (Å²) >= 11 is 0. The maximum atomic E-state index is 12.3. The van der Waals surface area contributed by atoms with Crippen molar-refractivity contribution in [2.75, 3.05) is 11.9 Å². The third-order valence-corrected chi connectivity index (χ3v) is 3.80. The molecule has 0 aliphatic carbocycles. The van der Waals surface area contributed by atoms with Gasteiger partial charge in [-0.05, 0) is 38.4 Å². The average Bonchev–Trinajstić information content (AvgIpc) is 2.96. The molecule has 1 aromatic carbocycles. The number of rotatable bonds is 4. The fraction of sp³-hybridized carbons (Fsp3) is 0.400. The van der Waals surface area contributed by atoms with Crippen LogP contribution >= 0.6 is 0 Å². The molecule has 2 atom stereocenters. The monoisotopic (exact) mass is 286 g/mol. The summed E-state index contributed by atoms with van der Waals surface area (Å²) in [5.41, 5.74) is 6.26. The number of anilines is 1. The zero-order valence-corrected chi connectivity index (χ0v) is 11.9.